The van der Waals surface area contributed by atoms with Gasteiger partial charge in [-0.3, -0.25) is 0 Å². The molecule has 0 amide bonds. The van der Waals surface area contributed by atoms with Gasteiger partial charge in [0.15, 0.2) is 0 Å². The summed E-state index contributed by atoms with van der Waals surface area (Å²) in [5, 5.41) is 12.2. The number of piperidine rings is 1. The molecule has 0 radical (unpaired) electrons. The van der Waals surface area contributed by atoms with E-state index >= 15 is 0 Å². The van der Waals surface area contributed by atoms with Gasteiger partial charge in [0.2, 0.25) is 0 Å². The maximum Gasteiger partial charge on any atom is 0.129 e. The minimum atomic E-state index is -0.289. The first-order valence-electron chi connectivity index (χ1n) is 6.79. The fraction of sp³-hybridized carbons (Fsp3) is 0.533. The van der Waals surface area contributed by atoms with Crippen molar-refractivity contribution in [3.63, 3.8) is 0 Å². The van der Waals surface area contributed by atoms with Crippen LogP contribution in [0.3, 0.4) is 0 Å². The summed E-state index contributed by atoms with van der Waals surface area (Å²) in [6.07, 6.45) is 3.72. The number of benzene rings is 1. The van der Waals surface area contributed by atoms with Crippen molar-refractivity contribution in [3.05, 3.63) is 35.1 Å². The van der Waals surface area contributed by atoms with Gasteiger partial charge in [-0.15, -0.1) is 0 Å². The lowest BCUT2D eigenvalue weighted by molar-refractivity contribution is 0.254. The van der Waals surface area contributed by atoms with E-state index in [9.17, 15) is 4.39 Å². The van der Waals surface area contributed by atoms with E-state index in [0.717, 1.165) is 13.1 Å². The maximum atomic E-state index is 13.8. The van der Waals surface area contributed by atoms with Gasteiger partial charge in [-0.2, -0.15) is 5.26 Å². The van der Waals surface area contributed by atoms with Crippen LogP contribution in [0.1, 0.15) is 30.4 Å². The summed E-state index contributed by atoms with van der Waals surface area (Å²) in [4.78, 5) is 2.13. The zero-order valence-corrected chi connectivity index (χ0v) is 11.3. The molecule has 0 spiro atoms. The standard InChI is InChI=1S/C15H20FN3/c1-19(11-14-4-2-3-7-18-14)10-13-6-5-12(9-17)8-15(13)16/h5-6,8,14,18H,2-4,7,10-11H2,1H3. The fourth-order valence-corrected chi connectivity index (χ4v) is 2.56. The zero-order chi connectivity index (χ0) is 13.7. The van der Waals surface area contributed by atoms with Gasteiger partial charge in [-0.25, -0.2) is 4.39 Å². The number of halogens is 1. The highest BCUT2D eigenvalue weighted by Gasteiger charge is 2.15. The molecule has 0 saturated carbocycles. The normalized spacial score (nSPS) is 19.4. The Labute approximate surface area is 114 Å². The number of likely N-dealkylation sites (N-methyl/N-ethyl adjacent to an activating group) is 1. The molecule has 2 rings (SSSR count). The molecule has 19 heavy (non-hydrogen) atoms. The zero-order valence-electron chi connectivity index (χ0n) is 11.3. The second-order valence-electron chi connectivity index (χ2n) is 5.26. The number of nitriles is 1. The average molecular weight is 261 g/mol. The molecule has 0 aliphatic carbocycles. The van der Waals surface area contributed by atoms with Crippen LogP contribution >= 0.6 is 0 Å². The minimum absolute atomic E-state index is 0.289. The van der Waals surface area contributed by atoms with E-state index in [1.54, 1.807) is 12.1 Å². The van der Waals surface area contributed by atoms with E-state index in [1.807, 2.05) is 13.1 Å². The number of rotatable bonds is 4. The molecule has 1 aliphatic heterocycles. The van der Waals surface area contributed by atoms with Crippen molar-refractivity contribution in [2.75, 3.05) is 20.1 Å². The van der Waals surface area contributed by atoms with Crippen LogP contribution in [0, 0.1) is 17.1 Å². The third-order valence-electron chi connectivity index (χ3n) is 3.57. The number of hydrogen-bond acceptors (Lipinski definition) is 3. The maximum absolute atomic E-state index is 13.8. The fourth-order valence-electron chi connectivity index (χ4n) is 2.56. The Balaban J connectivity index is 1.91. The lowest BCUT2D eigenvalue weighted by atomic mass is 10.0. The molecule has 1 atom stereocenters. The largest absolute Gasteiger partial charge is 0.313 e. The van der Waals surface area contributed by atoms with Crippen molar-refractivity contribution in [3.8, 4) is 6.07 Å². The van der Waals surface area contributed by atoms with Crippen LogP contribution in [-0.2, 0) is 6.54 Å². The van der Waals surface area contributed by atoms with Crippen molar-refractivity contribution < 1.29 is 4.39 Å². The number of hydrogen-bond donors (Lipinski definition) is 1. The molecule has 1 N–H and O–H groups in total. The van der Waals surface area contributed by atoms with E-state index < -0.39 is 0 Å². The van der Waals surface area contributed by atoms with Gasteiger partial charge >= 0.3 is 0 Å². The summed E-state index contributed by atoms with van der Waals surface area (Å²) in [5.41, 5.74) is 1.02. The Kier molecular flexibility index (Phi) is 4.89. The molecular weight excluding hydrogens is 241 g/mol. The molecule has 1 aliphatic rings. The molecule has 1 aromatic rings. The molecule has 1 aromatic carbocycles. The second kappa shape index (κ2) is 6.65. The van der Waals surface area contributed by atoms with E-state index in [0.29, 0.717) is 23.7 Å². The molecule has 0 aromatic heterocycles. The molecule has 1 heterocycles. The van der Waals surface area contributed by atoms with Crippen LogP contribution in [0.15, 0.2) is 18.2 Å². The SMILES string of the molecule is CN(Cc1ccc(C#N)cc1F)CC1CCCCN1. The van der Waals surface area contributed by atoms with Gasteiger partial charge in [0.25, 0.3) is 0 Å². The lowest BCUT2D eigenvalue weighted by Gasteiger charge is -2.28. The molecule has 102 valence electrons. The lowest BCUT2D eigenvalue weighted by Crippen LogP contribution is -2.42. The molecule has 1 saturated heterocycles. The van der Waals surface area contributed by atoms with E-state index in [2.05, 4.69) is 10.2 Å². The highest BCUT2D eigenvalue weighted by Crippen LogP contribution is 2.13. The van der Waals surface area contributed by atoms with Gasteiger partial charge < -0.3 is 10.2 Å². The van der Waals surface area contributed by atoms with Crippen LogP contribution in [0.2, 0.25) is 0 Å². The molecule has 4 heteroatoms. The monoisotopic (exact) mass is 261 g/mol. The van der Waals surface area contributed by atoms with E-state index in [4.69, 9.17) is 5.26 Å². The number of nitrogens with zero attached hydrogens (tertiary/aromatic N) is 2. The first-order valence-corrected chi connectivity index (χ1v) is 6.79. The first-order chi connectivity index (χ1) is 9.19. The van der Waals surface area contributed by atoms with Gasteiger partial charge in [0.1, 0.15) is 5.82 Å². The molecule has 0 bridgehead atoms. The predicted molar refractivity (Wildman–Crippen MR) is 73.1 cm³/mol. The summed E-state index contributed by atoms with van der Waals surface area (Å²) in [5.74, 6) is -0.289. The Hall–Kier alpha value is -1.44. The quantitative estimate of drug-likeness (QED) is 0.903. The third-order valence-corrected chi connectivity index (χ3v) is 3.57. The second-order valence-corrected chi connectivity index (χ2v) is 5.26. The molecule has 1 unspecified atom stereocenters. The predicted octanol–water partition coefficient (Wildman–Crippen LogP) is 2.27. The van der Waals surface area contributed by atoms with Crippen LogP contribution in [0.4, 0.5) is 4.39 Å². The molecular formula is C15H20FN3. The van der Waals surface area contributed by atoms with Gasteiger partial charge in [0.05, 0.1) is 11.6 Å². The Bertz CT molecular complexity index is 461. The third kappa shape index (κ3) is 4.02. The highest BCUT2D eigenvalue weighted by atomic mass is 19.1. The topological polar surface area (TPSA) is 39.1 Å². The van der Waals surface area contributed by atoms with Crippen LogP contribution in [0.25, 0.3) is 0 Å². The van der Waals surface area contributed by atoms with Gasteiger partial charge in [-0.05, 0) is 38.6 Å². The average Bonchev–Trinajstić information content (AvgIpc) is 2.42. The van der Waals surface area contributed by atoms with Crippen LogP contribution in [0.5, 0.6) is 0 Å². The van der Waals surface area contributed by atoms with Crippen molar-refractivity contribution in [2.45, 2.75) is 31.8 Å². The van der Waals surface area contributed by atoms with Crippen molar-refractivity contribution in [2.24, 2.45) is 0 Å². The highest BCUT2D eigenvalue weighted by molar-refractivity contribution is 5.32. The summed E-state index contributed by atoms with van der Waals surface area (Å²) in [7, 11) is 2.01. The summed E-state index contributed by atoms with van der Waals surface area (Å²) in [6.45, 7) is 2.60. The summed E-state index contributed by atoms with van der Waals surface area (Å²) in [6, 6.07) is 7.15. The number of nitrogens with one attached hydrogen (secondary N) is 1. The van der Waals surface area contributed by atoms with Crippen LogP contribution in [-0.4, -0.2) is 31.1 Å². The van der Waals surface area contributed by atoms with Crippen LogP contribution < -0.4 is 5.32 Å². The van der Waals surface area contributed by atoms with Crippen molar-refractivity contribution in [1.29, 1.82) is 5.26 Å². The van der Waals surface area contributed by atoms with Crippen molar-refractivity contribution in [1.82, 2.24) is 10.2 Å². The first kappa shape index (κ1) is 14.0. The Morgan fingerprint density at radius 3 is 2.95 bits per heavy atom. The van der Waals surface area contributed by atoms with E-state index in [-0.39, 0.29) is 5.82 Å². The van der Waals surface area contributed by atoms with Gasteiger partial charge in [-0.1, -0.05) is 12.5 Å². The van der Waals surface area contributed by atoms with Gasteiger partial charge in [0, 0.05) is 24.7 Å². The summed E-state index contributed by atoms with van der Waals surface area (Å²) < 4.78 is 13.8. The summed E-state index contributed by atoms with van der Waals surface area (Å²) >= 11 is 0. The van der Waals surface area contributed by atoms with Crippen molar-refractivity contribution >= 4 is 0 Å². The smallest absolute Gasteiger partial charge is 0.129 e. The Morgan fingerprint density at radius 1 is 1.47 bits per heavy atom. The Morgan fingerprint density at radius 2 is 2.32 bits per heavy atom. The minimum Gasteiger partial charge on any atom is -0.313 e. The molecule has 1 fully saturated rings. The van der Waals surface area contributed by atoms with E-state index in [1.165, 1.54) is 25.3 Å². The molecule has 3 nitrogen and oxygen atoms in total.